The van der Waals surface area contributed by atoms with Gasteiger partial charge in [-0.25, -0.2) is 0 Å². The van der Waals surface area contributed by atoms with E-state index in [-0.39, 0.29) is 0 Å². The average molecular weight is 189 g/mol. The molecule has 1 heterocycles. The van der Waals surface area contributed by atoms with Crippen LogP contribution in [0.1, 0.15) is 25.5 Å². The molecule has 0 amide bonds. The number of hydrogen-bond donors (Lipinski definition) is 1. The molecule has 1 aliphatic rings. The maximum absolute atomic E-state index is 4.40. The van der Waals surface area contributed by atoms with Crippen LogP contribution in [0.3, 0.4) is 0 Å². The third kappa shape index (κ3) is 2.61. The molecule has 0 aromatic carbocycles. The number of rotatable bonds is 4. The lowest BCUT2D eigenvalue weighted by atomic mass is 10.4. The average Bonchev–Trinajstić information content (AvgIpc) is 2.92. The lowest BCUT2D eigenvalue weighted by Crippen LogP contribution is -2.15. The van der Waals surface area contributed by atoms with Gasteiger partial charge in [-0.15, -0.1) is 5.92 Å². The summed E-state index contributed by atoms with van der Waals surface area (Å²) in [4.78, 5) is 0. The second-order valence-corrected chi connectivity index (χ2v) is 3.59. The van der Waals surface area contributed by atoms with Gasteiger partial charge in [-0.2, -0.15) is 5.10 Å². The highest BCUT2D eigenvalue weighted by Gasteiger charge is 2.20. The van der Waals surface area contributed by atoms with E-state index in [0.717, 1.165) is 18.3 Å². The topological polar surface area (TPSA) is 29.9 Å². The molecule has 1 aliphatic carbocycles. The molecule has 3 nitrogen and oxygen atoms in total. The lowest BCUT2D eigenvalue weighted by Gasteiger charge is -1.97. The molecule has 0 unspecified atom stereocenters. The number of aromatic nitrogens is 2. The molecule has 0 bridgehead atoms. The fourth-order valence-electron chi connectivity index (χ4n) is 1.28. The Morgan fingerprint density at radius 1 is 1.64 bits per heavy atom. The molecule has 1 aromatic heterocycles. The van der Waals surface area contributed by atoms with Crippen molar-refractivity contribution in [2.45, 2.75) is 38.9 Å². The molecule has 0 atom stereocenters. The Bertz CT molecular complexity index is 352. The van der Waals surface area contributed by atoms with Crippen LogP contribution in [-0.4, -0.2) is 15.8 Å². The third-order valence-corrected chi connectivity index (χ3v) is 2.26. The molecule has 0 aliphatic heterocycles. The van der Waals surface area contributed by atoms with Crippen LogP contribution in [0.5, 0.6) is 0 Å². The first-order chi connectivity index (χ1) is 6.88. The van der Waals surface area contributed by atoms with Crippen LogP contribution < -0.4 is 5.32 Å². The fraction of sp³-hybridized carbons (Fsp3) is 0.545. The van der Waals surface area contributed by atoms with Gasteiger partial charge in [0.05, 0.1) is 5.69 Å². The molecule has 0 radical (unpaired) electrons. The highest BCUT2D eigenvalue weighted by atomic mass is 15.3. The van der Waals surface area contributed by atoms with Gasteiger partial charge in [0.15, 0.2) is 0 Å². The Kier molecular flexibility index (Phi) is 2.85. The van der Waals surface area contributed by atoms with Crippen molar-refractivity contribution >= 4 is 0 Å². The maximum Gasteiger partial charge on any atom is 0.102 e. The predicted octanol–water partition coefficient (Wildman–Crippen LogP) is 1.16. The first kappa shape index (κ1) is 9.29. The molecule has 3 heteroatoms. The predicted molar refractivity (Wildman–Crippen MR) is 55.5 cm³/mol. The van der Waals surface area contributed by atoms with Crippen molar-refractivity contribution < 1.29 is 0 Å². The van der Waals surface area contributed by atoms with Gasteiger partial charge in [0.25, 0.3) is 0 Å². The van der Waals surface area contributed by atoms with Gasteiger partial charge >= 0.3 is 0 Å². The van der Waals surface area contributed by atoms with E-state index in [2.05, 4.69) is 22.3 Å². The quantitative estimate of drug-likeness (QED) is 0.720. The van der Waals surface area contributed by atoms with E-state index in [1.54, 1.807) is 0 Å². The van der Waals surface area contributed by atoms with Crippen molar-refractivity contribution in [3.63, 3.8) is 0 Å². The normalized spacial score (nSPS) is 14.9. The van der Waals surface area contributed by atoms with Crippen molar-refractivity contribution in [2.75, 3.05) is 0 Å². The Labute approximate surface area is 84.5 Å². The summed E-state index contributed by atoms with van der Waals surface area (Å²) in [7, 11) is 0. The number of nitrogens with one attached hydrogen (secondary N) is 1. The van der Waals surface area contributed by atoms with E-state index in [4.69, 9.17) is 0 Å². The summed E-state index contributed by atoms with van der Waals surface area (Å²) in [5, 5.41) is 7.83. The molecule has 1 fully saturated rings. The Balaban J connectivity index is 1.83. The standard InChI is InChI=1S/C11H15N3/c1-2-3-7-14-8-6-11(13-14)9-12-10-4-5-10/h6,8,10,12H,4-5,7,9H2,1H3. The zero-order chi connectivity index (χ0) is 9.80. The largest absolute Gasteiger partial charge is 0.308 e. The van der Waals surface area contributed by atoms with Crippen LogP contribution >= 0.6 is 0 Å². The summed E-state index contributed by atoms with van der Waals surface area (Å²) < 4.78 is 1.88. The van der Waals surface area contributed by atoms with Crippen molar-refractivity contribution in [1.29, 1.82) is 0 Å². The summed E-state index contributed by atoms with van der Waals surface area (Å²) in [6, 6.07) is 2.79. The van der Waals surface area contributed by atoms with Gasteiger partial charge in [-0.3, -0.25) is 4.68 Å². The summed E-state index contributed by atoms with van der Waals surface area (Å²) in [6.07, 6.45) is 4.62. The van der Waals surface area contributed by atoms with E-state index in [0.29, 0.717) is 6.54 Å². The highest BCUT2D eigenvalue weighted by molar-refractivity contribution is 5.02. The van der Waals surface area contributed by atoms with Crippen LogP contribution in [0.2, 0.25) is 0 Å². The smallest absolute Gasteiger partial charge is 0.102 e. The van der Waals surface area contributed by atoms with Crippen LogP contribution in [0.15, 0.2) is 12.3 Å². The van der Waals surface area contributed by atoms with Gasteiger partial charge < -0.3 is 5.32 Å². The van der Waals surface area contributed by atoms with E-state index < -0.39 is 0 Å². The second-order valence-electron chi connectivity index (χ2n) is 3.59. The molecule has 0 saturated heterocycles. The fourth-order valence-corrected chi connectivity index (χ4v) is 1.28. The van der Waals surface area contributed by atoms with Gasteiger partial charge in [0.1, 0.15) is 6.54 Å². The highest BCUT2D eigenvalue weighted by Crippen LogP contribution is 2.18. The minimum atomic E-state index is 0.694. The van der Waals surface area contributed by atoms with E-state index in [9.17, 15) is 0 Å². The van der Waals surface area contributed by atoms with E-state index >= 15 is 0 Å². The first-order valence-electron chi connectivity index (χ1n) is 5.04. The van der Waals surface area contributed by atoms with E-state index in [1.807, 2.05) is 23.9 Å². The Morgan fingerprint density at radius 3 is 3.21 bits per heavy atom. The molecular weight excluding hydrogens is 174 g/mol. The van der Waals surface area contributed by atoms with Crippen molar-refractivity contribution in [2.24, 2.45) is 0 Å². The summed E-state index contributed by atoms with van der Waals surface area (Å²) in [6.45, 7) is 3.43. The maximum atomic E-state index is 4.40. The monoisotopic (exact) mass is 189 g/mol. The first-order valence-corrected chi connectivity index (χ1v) is 5.04. The molecule has 1 aromatic rings. The zero-order valence-electron chi connectivity index (χ0n) is 8.45. The van der Waals surface area contributed by atoms with Crippen LogP contribution in [0, 0.1) is 11.8 Å². The molecule has 1 saturated carbocycles. The van der Waals surface area contributed by atoms with Crippen molar-refractivity contribution in [3.8, 4) is 11.8 Å². The molecule has 14 heavy (non-hydrogen) atoms. The third-order valence-electron chi connectivity index (χ3n) is 2.26. The molecule has 1 N–H and O–H groups in total. The van der Waals surface area contributed by atoms with Gasteiger partial charge in [0, 0.05) is 18.8 Å². The van der Waals surface area contributed by atoms with Crippen molar-refractivity contribution in [3.05, 3.63) is 18.0 Å². The van der Waals surface area contributed by atoms with Gasteiger partial charge in [-0.05, 0) is 25.8 Å². The number of nitrogens with zero attached hydrogens (tertiary/aromatic N) is 2. The van der Waals surface area contributed by atoms with Crippen LogP contribution in [0.4, 0.5) is 0 Å². The van der Waals surface area contributed by atoms with Gasteiger partial charge in [-0.1, -0.05) is 5.92 Å². The summed E-state index contributed by atoms with van der Waals surface area (Å²) in [5.74, 6) is 5.84. The van der Waals surface area contributed by atoms with Gasteiger partial charge in [0.2, 0.25) is 0 Å². The summed E-state index contributed by atoms with van der Waals surface area (Å²) in [5.41, 5.74) is 1.11. The SMILES string of the molecule is CC#CCn1ccc(CNC2CC2)n1. The minimum Gasteiger partial charge on any atom is -0.308 e. The van der Waals surface area contributed by atoms with Crippen LogP contribution in [0.25, 0.3) is 0 Å². The Morgan fingerprint density at radius 2 is 2.50 bits per heavy atom. The molecule has 0 spiro atoms. The Hall–Kier alpha value is -1.27. The zero-order valence-corrected chi connectivity index (χ0v) is 8.45. The molecular formula is C11H15N3. The van der Waals surface area contributed by atoms with Crippen LogP contribution in [-0.2, 0) is 13.1 Å². The molecule has 2 rings (SSSR count). The molecule has 74 valence electrons. The lowest BCUT2D eigenvalue weighted by molar-refractivity contribution is 0.641. The number of hydrogen-bond acceptors (Lipinski definition) is 2. The second kappa shape index (κ2) is 4.30. The van der Waals surface area contributed by atoms with Crippen molar-refractivity contribution in [1.82, 2.24) is 15.1 Å². The minimum absolute atomic E-state index is 0.694. The summed E-state index contributed by atoms with van der Waals surface area (Å²) >= 11 is 0. The van der Waals surface area contributed by atoms with E-state index in [1.165, 1.54) is 12.8 Å².